The summed E-state index contributed by atoms with van der Waals surface area (Å²) in [6.07, 6.45) is 0.940. The lowest BCUT2D eigenvalue weighted by Gasteiger charge is -2.33. The van der Waals surface area contributed by atoms with E-state index in [1.165, 1.54) is 0 Å². The number of nitrogens with one attached hydrogen (secondary N) is 1. The molecule has 3 N–H and O–H groups in total. The Kier molecular flexibility index (Phi) is 4.80. The second kappa shape index (κ2) is 6.37. The topological polar surface area (TPSA) is 58.4 Å². The fourth-order valence-electron chi connectivity index (χ4n) is 2.60. The lowest BCUT2D eigenvalue weighted by molar-refractivity contribution is -0.122. The van der Waals surface area contributed by atoms with Crippen molar-refractivity contribution in [2.45, 2.75) is 25.4 Å². The van der Waals surface area contributed by atoms with Crippen molar-refractivity contribution in [2.24, 2.45) is 5.73 Å². The van der Waals surface area contributed by atoms with Crippen LogP contribution in [-0.4, -0.2) is 36.5 Å². The van der Waals surface area contributed by atoms with E-state index in [-0.39, 0.29) is 18.0 Å². The molecule has 0 saturated carbocycles. The molecule has 1 fully saturated rings. The molecule has 5 heteroatoms. The van der Waals surface area contributed by atoms with Gasteiger partial charge in [0, 0.05) is 24.2 Å². The Bertz CT molecular complexity index is 450. The monoisotopic (exact) mass is 281 g/mol. The van der Waals surface area contributed by atoms with E-state index < -0.39 is 0 Å². The van der Waals surface area contributed by atoms with E-state index in [9.17, 15) is 4.79 Å². The molecule has 1 heterocycles. The van der Waals surface area contributed by atoms with Crippen molar-refractivity contribution in [1.82, 2.24) is 10.2 Å². The largest absolute Gasteiger partial charge is 0.355 e. The number of nitrogens with zero attached hydrogens (tertiary/aromatic N) is 1. The number of rotatable bonds is 3. The number of hydrogen-bond acceptors (Lipinski definition) is 3. The lowest BCUT2D eigenvalue weighted by atomic mass is 9.99. The van der Waals surface area contributed by atoms with Crippen molar-refractivity contribution in [3.8, 4) is 0 Å². The van der Waals surface area contributed by atoms with Crippen LogP contribution in [0.1, 0.15) is 24.9 Å². The van der Waals surface area contributed by atoms with Gasteiger partial charge < -0.3 is 11.1 Å². The molecule has 4 nitrogen and oxygen atoms in total. The highest BCUT2D eigenvalue weighted by Crippen LogP contribution is 2.26. The van der Waals surface area contributed by atoms with Crippen LogP contribution in [0.5, 0.6) is 0 Å². The van der Waals surface area contributed by atoms with E-state index in [1.807, 2.05) is 31.2 Å². The number of hydrogen-bond donors (Lipinski definition) is 2. The van der Waals surface area contributed by atoms with Crippen LogP contribution in [0.3, 0.4) is 0 Å². The van der Waals surface area contributed by atoms with E-state index in [0.717, 1.165) is 25.1 Å². The van der Waals surface area contributed by atoms with Crippen LogP contribution in [0.2, 0.25) is 5.02 Å². The molecular weight excluding hydrogens is 262 g/mol. The van der Waals surface area contributed by atoms with Crippen molar-refractivity contribution in [3.63, 3.8) is 0 Å². The summed E-state index contributed by atoms with van der Waals surface area (Å²) in [6, 6.07) is 7.66. The summed E-state index contributed by atoms with van der Waals surface area (Å²) in [5.74, 6) is 0.0604. The van der Waals surface area contributed by atoms with Gasteiger partial charge in [0.1, 0.15) is 0 Å². The normalized spacial score (nSPS) is 20.5. The zero-order valence-electron chi connectivity index (χ0n) is 11.1. The van der Waals surface area contributed by atoms with Gasteiger partial charge in [0.2, 0.25) is 5.91 Å². The SMILES string of the molecule is CC(N)C(c1cccc(Cl)c1)N1CCCNC(=O)C1. The molecule has 0 aliphatic carbocycles. The van der Waals surface area contributed by atoms with Gasteiger partial charge in [-0.25, -0.2) is 0 Å². The van der Waals surface area contributed by atoms with Gasteiger partial charge in [0.15, 0.2) is 0 Å². The van der Waals surface area contributed by atoms with Crippen LogP contribution < -0.4 is 11.1 Å². The van der Waals surface area contributed by atoms with E-state index in [4.69, 9.17) is 17.3 Å². The molecule has 1 saturated heterocycles. The zero-order chi connectivity index (χ0) is 13.8. The Labute approximate surface area is 118 Å². The first-order valence-corrected chi connectivity index (χ1v) is 6.97. The first-order chi connectivity index (χ1) is 9.08. The van der Waals surface area contributed by atoms with Crippen molar-refractivity contribution in [2.75, 3.05) is 19.6 Å². The van der Waals surface area contributed by atoms with Crippen LogP contribution in [0.15, 0.2) is 24.3 Å². The zero-order valence-corrected chi connectivity index (χ0v) is 11.9. The Balaban J connectivity index is 2.26. The smallest absolute Gasteiger partial charge is 0.234 e. The van der Waals surface area contributed by atoms with Gasteiger partial charge in [-0.05, 0) is 31.0 Å². The average Bonchev–Trinajstić information content (AvgIpc) is 2.54. The molecule has 1 aromatic carbocycles. The summed E-state index contributed by atoms with van der Waals surface area (Å²) in [5, 5.41) is 3.58. The number of halogens is 1. The molecule has 104 valence electrons. The molecule has 1 aromatic rings. The Hall–Kier alpha value is -1.10. The fourth-order valence-corrected chi connectivity index (χ4v) is 2.80. The minimum atomic E-state index is -0.0654. The summed E-state index contributed by atoms with van der Waals surface area (Å²) in [4.78, 5) is 13.8. The number of carbonyl (C=O) groups is 1. The maximum Gasteiger partial charge on any atom is 0.234 e. The molecule has 1 aliphatic rings. The van der Waals surface area contributed by atoms with Gasteiger partial charge in [-0.1, -0.05) is 23.7 Å². The van der Waals surface area contributed by atoms with E-state index in [0.29, 0.717) is 11.6 Å². The molecule has 0 spiro atoms. The maximum absolute atomic E-state index is 11.7. The number of carbonyl (C=O) groups excluding carboxylic acids is 1. The van der Waals surface area contributed by atoms with Gasteiger partial charge in [0.25, 0.3) is 0 Å². The van der Waals surface area contributed by atoms with E-state index in [1.54, 1.807) is 0 Å². The van der Waals surface area contributed by atoms with Crippen LogP contribution in [0.25, 0.3) is 0 Å². The predicted molar refractivity (Wildman–Crippen MR) is 77.0 cm³/mol. The number of nitrogens with two attached hydrogens (primary N) is 1. The highest BCUT2D eigenvalue weighted by atomic mass is 35.5. The number of benzene rings is 1. The van der Waals surface area contributed by atoms with E-state index >= 15 is 0 Å². The fraction of sp³-hybridized carbons (Fsp3) is 0.500. The summed E-state index contributed by atoms with van der Waals surface area (Å²) in [7, 11) is 0. The van der Waals surface area contributed by atoms with Crippen LogP contribution in [0, 0.1) is 0 Å². The molecule has 19 heavy (non-hydrogen) atoms. The molecule has 2 unspecified atom stereocenters. The molecule has 1 aliphatic heterocycles. The predicted octanol–water partition coefficient (Wildman–Crippen LogP) is 1.55. The third-order valence-corrected chi connectivity index (χ3v) is 3.61. The summed E-state index contributed by atoms with van der Waals surface area (Å²) in [6.45, 7) is 3.95. The minimum Gasteiger partial charge on any atom is -0.355 e. The third-order valence-electron chi connectivity index (χ3n) is 3.37. The van der Waals surface area contributed by atoms with Crippen LogP contribution >= 0.6 is 11.6 Å². The quantitative estimate of drug-likeness (QED) is 0.884. The van der Waals surface area contributed by atoms with Gasteiger partial charge in [-0.15, -0.1) is 0 Å². The minimum absolute atomic E-state index is 0.0163. The maximum atomic E-state index is 11.7. The van der Waals surface area contributed by atoms with Crippen LogP contribution in [0.4, 0.5) is 0 Å². The lowest BCUT2D eigenvalue weighted by Crippen LogP contribution is -2.42. The molecule has 0 aromatic heterocycles. The van der Waals surface area contributed by atoms with Gasteiger partial charge in [0.05, 0.1) is 12.6 Å². The van der Waals surface area contributed by atoms with Gasteiger partial charge >= 0.3 is 0 Å². The van der Waals surface area contributed by atoms with Gasteiger partial charge in [-0.2, -0.15) is 0 Å². The van der Waals surface area contributed by atoms with Crippen molar-refractivity contribution in [3.05, 3.63) is 34.9 Å². The van der Waals surface area contributed by atoms with Crippen molar-refractivity contribution >= 4 is 17.5 Å². The highest BCUT2D eigenvalue weighted by molar-refractivity contribution is 6.30. The molecule has 0 bridgehead atoms. The molecule has 1 amide bonds. The highest BCUT2D eigenvalue weighted by Gasteiger charge is 2.27. The molecule has 2 rings (SSSR count). The second-order valence-electron chi connectivity index (χ2n) is 5.03. The Morgan fingerprint density at radius 1 is 1.47 bits per heavy atom. The second-order valence-corrected chi connectivity index (χ2v) is 5.47. The van der Waals surface area contributed by atoms with Crippen molar-refractivity contribution in [1.29, 1.82) is 0 Å². The molecule has 0 radical (unpaired) electrons. The Morgan fingerprint density at radius 2 is 2.26 bits per heavy atom. The first-order valence-electron chi connectivity index (χ1n) is 6.59. The molecular formula is C14H20ClN3O. The Morgan fingerprint density at radius 3 is 2.95 bits per heavy atom. The summed E-state index contributed by atoms with van der Waals surface area (Å²) < 4.78 is 0. The number of amides is 1. The van der Waals surface area contributed by atoms with E-state index in [2.05, 4.69) is 10.2 Å². The standard InChI is InChI=1S/C14H20ClN3O/c1-10(16)14(11-4-2-5-12(15)8-11)18-7-3-6-17-13(19)9-18/h2,4-5,8,10,14H,3,6-7,9,16H2,1H3,(H,17,19). The first kappa shape index (κ1) is 14.3. The van der Waals surface area contributed by atoms with Gasteiger partial charge in [-0.3, -0.25) is 9.69 Å². The van der Waals surface area contributed by atoms with Crippen molar-refractivity contribution < 1.29 is 4.79 Å². The summed E-state index contributed by atoms with van der Waals surface area (Å²) >= 11 is 6.05. The average molecular weight is 282 g/mol. The third kappa shape index (κ3) is 3.69. The summed E-state index contributed by atoms with van der Waals surface area (Å²) in [5.41, 5.74) is 7.20. The van der Waals surface area contributed by atoms with Crippen LogP contribution in [-0.2, 0) is 4.79 Å². The molecule has 2 atom stereocenters.